The van der Waals surface area contributed by atoms with Crippen LogP contribution in [-0.2, 0) is 11.8 Å². The van der Waals surface area contributed by atoms with Gasteiger partial charge in [0.15, 0.2) is 17.7 Å². The number of halogens is 3. The highest BCUT2D eigenvalue weighted by atomic mass is 19.4. The molecule has 88 valence electrons. The Balaban J connectivity index is 2.44. The molecule has 2 rings (SSSR count). The van der Waals surface area contributed by atoms with Crippen molar-refractivity contribution in [2.45, 2.75) is 31.0 Å². The highest BCUT2D eigenvalue weighted by molar-refractivity contribution is 5.72. The molecule has 0 spiro atoms. The van der Waals surface area contributed by atoms with Crippen LogP contribution in [0.4, 0.5) is 13.2 Å². The summed E-state index contributed by atoms with van der Waals surface area (Å²) in [7, 11) is 0. The van der Waals surface area contributed by atoms with Crippen LogP contribution in [0.5, 0.6) is 0 Å². The van der Waals surface area contributed by atoms with Crippen molar-refractivity contribution < 1.29 is 27.5 Å². The van der Waals surface area contributed by atoms with Gasteiger partial charge in [-0.05, 0) is 19.3 Å². The zero-order chi connectivity index (χ0) is 12.0. The van der Waals surface area contributed by atoms with Crippen molar-refractivity contribution in [3.8, 4) is 0 Å². The summed E-state index contributed by atoms with van der Waals surface area (Å²) < 4.78 is 41.8. The van der Waals surface area contributed by atoms with Crippen molar-refractivity contribution >= 4 is 6.29 Å². The van der Waals surface area contributed by atoms with Crippen molar-refractivity contribution in [1.82, 2.24) is 4.98 Å². The van der Waals surface area contributed by atoms with Crippen LogP contribution in [0.15, 0.2) is 4.42 Å². The topological polar surface area (TPSA) is 63.3 Å². The number of oxazole rings is 1. The van der Waals surface area contributed by atoms with Gasteiger partial charge in [0, 0.05) is 0 Å². The number of aliphatic hydroxyl groups is 1. The summed E-state index contributed by atoms with van der Waals surface area (Å²) in [6.45, 7) is 0. The van der Waals surface area contributed by atoms with Gasteiger partial charge in [0.05, 0.1) is 0 Å². The molecule has 1 aromatic rings. The molecule has 4 nitrogen and oxygen atoms in total. The zero-order valence-corrected chi connectivity index (χ0v) is 8.04. The second kappa shape index (κ2) is 3.31. The van der Waals surface area contributed by atoms with Gasteiger partial charge in [0.1, 0.15) is 5.60 Å². The lowest BCUT2D eigenvalue weighted by molar-refractivity contribution is -0.141. The maximum Gasteiger partial charge on any atom is 0.437 e. The molecule has 0 unspecified atom stereocenters. The zero-order valence-electron chi connectivity index (χ0n) is 8.04. The maximum absolute atomic E-state index is 12.4. The van der Waals surface area contributed by atoms with E-state index >= 15 is 0 Å². The van der Waals surface area contributed by atoms with Crippen molar-refractivity contribution in [2.75, 3.05) is 0 Å². The van der Waals surface area contributed by atoms with E-state index in [1.165, 1.54) is 0 Å². The molecule has 1 fully saturated rings. The number of carbonyl (C=O) groups excluding carboxylic acids is 1. The monoisotopic (exact) mass is 235 g/mol. The number of aromatic nitrogens is 1. The first-order valence-electron chi connectivity index (χ1n) is 4.63. The Labute approximate surface area is 88.1 Å². The van der Waals surface area contributed by atoms with E-state index < -0.39 is 29.1 Å². The minimum absolute atomic E-state index is 0.0542. The van der Waals surface area contributed by atoms with E-state index in [9.17, 15) is 23.1 Å². The summed E-state index contributed by atoms with van der Waals surface area (Å²) in [5.74, 6) is -1.31. The largest absolute Gasteiger partial charge is 0.437 e. The molecular weight excluding hydrogens is 227 g/mol. The molecule has 1 aromatic heterocycles. The Bertz CT molecular complexity index is 420. The number of carbonyl (C=O) groups is 1. The normalized spacial score (nSPS) is 19.2. The lowest BCUT2D eigenvalue weighted by Gasteiger charge is -2.32. The summed E-state index contributed by atoms with van der Waals surface area (Å²) in [6, 6.07) is 0. The highest BCUT2D eigenvalue weighted by Gasteiger charge is 2.45. The van der Waals surface area contributed by atoms with Crippen LogP contribution in [0.1, 0.15) is 41.4 Å². The van der Waals surface area contributed by atoms with Gasteiger partial charge in [-0.1, -0.05) is 0 Å². The molecule has 1 N–H and O–H groups in total. The van der Waals surface area contributed by atoms with Crippen molar-refractivity contribution in [3.05, 3.63) is 17.3 Å². The van der Waals surface area contributed by atoms with E-state index in [4.69, 9.17) is 0 Å². The fourth-order valence-electron chi connectivity index (χ4n) is 1.54. The third kappa shape index (κ3) is 1.60. The summed E-state index contributed by atoms with van der Waals surface area (Å²) in [6.07, 6.45) is -3.53. The molecule has 0 bridgehead atoms. The fraction of sp³-hybridized carbons (Fsp3) is 0.556. The van der Waals surface area contributed by atoms with Crippen molar-refractivity contribution in [2.24, 2.45) is 0 Å². The van der Waals surface area contributed by atoms with Crippen LogP contribution < -0.4 is 0 Å². The van der Waals surface area contributed by atoms with Gasteiger partial charge in [0.2, 0.25) is 5.89 Å². The average molecular weight is 235 g/mol. The third-order valence-electron chi connectivity index (χ3n) is 2.61. The van der Waals surface area contributed by atoms with E-state index in [-0.39, 0.29) is 6.29 Å². The second-order valence-electron chi connectivity index (χ2n) is 3.73. The van der Waals surface area contributed by atoms with Crippen molar-refractivity contribution in [3.63, 3.8) is 0 Å². The molecule has 1 saturated carbocycles. The number of rotatable bonds is 2. The summed E-state index contributed by atoms with van der Waals surface area (Å²) in [5.41, 5.74) is -2.82. The molecule has 0 aromatic carbocycles. The molecule has 1 aliphatic rings. The van der Waals surface area contributed by atoms with Gasteiger partial charge >= 0.3 is 6.18 Å². The molecule has 0 aliphatic heterocycles. The van der Waals surface area contributed by atoms with Crippen LogP contribution in [0.3, 0.4) is 0 Å². The van der Waals surface area contributed by atoms with Crippen LogP contribution >= 0.6 is 0 Å². The van der Waals surface area contributed by atoms with Crippen LogP contribution in [0.25, 0.3) is 0 Å². The van der Waals surface area contributed by atoms with E-state index in [0.717, 1.165) is 0 Å². The lowest BCUT2D eigenvalue weighted by Crippen LogP contribution is -2.34. The molecule has 7 heteroatoms. The predicted octanol–water partition coefficient (Wildman–Crippen LogP) is 1.88. The minimum atomic E-state index is -4.75. The Hall–Kier alpha value is -1.37. The number of alkyl halides is 3. The van der Waals surface area contributed by atoms with E-state index in [1.54, 1.807) is 0 Å². The SMILES string of the molecule is O=Cc1oc(C2(O)CCC2)nc1C(F)(F)F. The third-order valence-corrected chi connectivity index (χ3v) is 2.61. The molecule has 0 saturated heterocycles. The summed E-state index contributed by atoms with van der Waals surface area (Å²) >= 11 is 0. The van der Waals surface area contributed by atoms with E-state index in [2.05, 4.69) is 9.40 Å². The number of hydrogen-bond donors (Lipinski definition) is 1. The number of aldehydes is 1. The number of nitrogens with zero attached hydrogens (tertiary/aromatic N) is 1. The highest BCUT2D eigenvalue weighted by Crippen LogP contribution is 2.42. The first kappa shape index (κ1) is 11.1. The average Bonchev–Trinajstić information content (AvgIpc) is 2.57. The predicted molar refractivity (Wildman–Crippen MR) is 44.6 cm³/mol. The van der Waals surface area contributed by atoms with Crippen LogP contribution in [0, 0.1) is 0 Å². The standard InChI is InChI=1S/C9H8F3NO3/c10-9(11,12)6-5(4-14)16-7(13-6)8(15)2-1-3-8/h4,15H,1-3H2. The molecular formula is C9H8F3NO3. The molecule has 1 aliphatic carbocycles. The van der Waals surface area contributed by atoms with Gasteiger partial charge in [0.25, 0.3) is 0 Å². The van der Waals surface area contributed by atoms with Crippen LogP contribution in [-0.4, -0.2) is 16.4 Å². The van der Waals surface area contributed by atoms with Gasteiger partial charge in [-0.15, -0.1) is 0 Å². The fourth-order valence-corrected chi connectivity index (χ4v) is 1.54. The van der Waals surface area contributed by atoms with Gasteiger partial charge in [-0.3, -0.25) is 4.79 Å². The molecule has 0 radical (unpaired) electrons. The molecule has 16 heavy (non-hydrogen) atoms. The smallest absolute Gasteiger partial charge is 0.434 e. The summed E-state index contributed by atoms with van der Waals surface area (Å²) in [4.78, 5) is 13.6. The Morgan fingerprint density at radius 3 is 2.38 bits per heavy atom. The van der Waals surface area contributed by atoms with E-state index in [1.807, 2.05) is 0 Å². The van der Waals surface area contributed by atoms with Gasteiger partial charge < -0.3 is 9.52 Å². The first-order valence-corrected chi connectivity index (χ1v) is 4.63. The van der Waals surface area contributed by atoms with Crippen LogP contribution in [0.2, 0.25) is 0 Å². The first-order chi connectivity index (χ1) is 7.37. The minimum Gasteiger partial charge on any atom is -0.434 e. The van der Waals surface area contributed by atoms with Gasteiger partial charge in [-0.25, -0.2) is 4.98 Å². The van der Waals surface area contributed by atoms with Gasteiger partial charge in [-0.2, -0.15) is 13.2 Å². The summed E-state index contributed by atoms with van der Waals surface area (Å²) in [5, 5.41) is 9.74. The Morgan fingerprint density at radius 1 is 1.44 bits per heavy atom. The second-order valence-corrected chi connectivity index (χ2v) is 3.73. The Kier molecular flexibility index (Phi) is 2.30. The van der Waals surface area contributed by atoms with Crippen molar-refractivity contribution in [1.29, 1.82) is 0 Å². The number of hydrogen-bond acceptors (Lipinski definition) is 4. The maximum atomic E-state index is 12.4. The van der Waals surface area contributed by atoms with E-state index in [0.29, 0.717) is 19.3 Å². The molecule has 1 heterocycles. The quantitative estimate of drug-likeness (QED) is 0.795. The lowest BCUT2D eigenvalue weighted by atomic mass is 9.80. The Morgan fingerprint density at radius 2 is 2.06 bits per heavy atom. The molecule has 0 amide bonds. The molecule has 0 atom stereocenters.